The van der Waals surface area contributed by atoms with Crippen molar-refractivity contribution in [2.24, 2.45) is 0 Å². The van der Waals surface area contributed by atoms with Crippen LogP contribution >= 0.6 is 15.9 Å². The van der Waals surface area contributed by atoms with E-state index in [1.54, 1.807) is 0 Å². The fraction of sp³-hybridized carbons (Fsp3) is 0.833. The van der Waals surface area contributed by atoms with Crippen LogP contribution in [0.25, 0.3) is 0 Å². The number of carbonyl (C=O) groups is 1. The van der Waals surface area contributed by atoms with Crippen molar-refractivity contribution in [3.8, 4) is 0 Å². The van der Waals surface area contributed by atoms with Crippen molar-refractivity contribution >= 4 is 22.2 Å². The van der Waals surface area contributed by atoms with Gasteiger partial charge in [0.05, 0.1) is 0 Å². The first-order chi connectivity index (χ1) is 5.91. The molecule has 0 rings (SSSR count). The molecular formula is C6H11BrO6. The molecule has 5 atom stereocenters. The maximum atomic E-state index is 9.97. The van der Waals surface area contributed by atoms with Gasteiger partial charge in [0.2, 0.25) is 0 Å². The number of alkyl halides is 1. The van der Waals surface area contributed by atoms with Crippen molar-refractivity contribution in [2.45, 2.75) is 29.4 Å². The molecule has 0 fully saturated rings. The van der Waals surface area contributed by atoms with Crippen LogP contribution in [0.5, 0.6) is 0 Å². The number of aliphatic hydroxyl groups is 5. The lowest BCUT2D eigenvalue weighted by atomic mass is 10.0. The topological polar surface area (TPSA) is 118 Å². The molecule has 0 radical (unpaired) electrons. The zero-order valence-electron chi connectivity index (χ0n) is 6.49. The number of carbonyl (C=O) groups excluding carboxylic acids is 1. The summed E-state index contributed by atoms with van der Waals surface area (Å²) in [6.45, 7) is 0. The summed E-state index contributed by atoms with van der Waals surface area (Å²) >= 11 is 2.54. The Labute approximate surface area is 82.6 Å². The number of hydrogen-bond donors (Lipinski definition) is 5. The molecule has 1 unspecified atom stereocenters. The molecule has 5 N–H and O–H groups in total. The summed E-state index contributed by atoms with van der Waals surface area (Å²) in [6, 6.07) is 0. The normalized spacial score (nSPS) is 22.9. The molecule has 78 valence electrons. The molecule has 0 spiro atoms. The Morgan fingerprint density at radius 1 is 0.923 bits per heavy atom. The van der Waals surface area contributed by atoms with E-state index in [0.717, 1.165) is 0 Å². The third-order valence-corrected chi connectivity index (χ3v) is 2.01. The smallest absolute Gasteiger partial charge is 0.151 e. The average molecular weight is 259 g/mol. The highest BCUT2D eigenvalue weighted by atomic mass is 79.9. The van der Waals surface area contributed by atoms with Crippen molar-refractivity contribution in [2.75, 3.05) is 0 Å². The molecule has 0 aliphatic rings. The fourth-order valence-electron chi connectivity index (χ4n) is 0.647. The maximum absolute atomic E-state index is 9.97. The summed E-state index contributed by atoms with van der Waals surface area (Å²) in [4.78, 5) is 9.97. The minimum Gasteiger partial charge on any atom is -0.387 e. The largest absolute Gasteiger partial charge is 0.387 e. The lowest BCUT2D eigenvalue weighted by Crippen LogP contribution is -2.48. The molecule has 0 bridgehead atoms. The van der Waals surface area contributed by atoms with Crippen molar-refractivity contribution in [3.63, 3.8) is 0 Å². The molecule has 0 aromatic carbocycles. The van der Waals surface area contributed by atoms with Gasteiger partial charge >= 0.3 is 0 Å². The van der Waals surface area contributed by atoms with Gasteiger partial charge in [-0.15, -0.1) is 0 Å². The Morgan fingerprint density at radius 2 is 1.38 bits per heavy atom. The molecule has 0 aliphatic carbocycles. The summed E-state index contributed by atoms with van der Waals surface area (Å²) in [7, 11) is 0. The standard InChI is InChI=1S/C6H11BrO6/c7-6(13)5(12)4(11)3(10)2(9)1-8/h1-6,9-13H/t2-,3+,4+,5-,6?/m0/s1. The molecule has 6 nitrogen and oxygen atoms in total. The summed E-state index contributed by atoms with van der Waals surface area (Å²) in [5, 5.41) is 43.0. The van der Waals surface area contributed by atoms with Crippen LogP contribution in [0.15, 0.2) is 0 Å². The van der Waals surface area contributed by atoms with Gasteiger partial charge in [-0.25, -0.2) is 0 Å². The van der Waals surface area contributed by atoms with Crippen LogP contribution in [0.3, 0.4) is 0 Å². The lowest BCUT2D eigenvalue weighted by Gasteiger charge is -2.24. The number of hydrogen-bond acceptors (Lipinski definition) is 6. The Morgan fingerprint density at radius 3 is 1.69 bits per heavy atom. The monoisotopic (exact) mass is 258 g/mol. The van der Waals surface area contributed by atoms with E-state index < -0.39 is 29.4 Å². The Kier molecular flexibility index (Phi) is 5.61. The van der Waals surface area contributed by atoms with Crippen LogP contribution < -0.4 is 0 Å². The van der Waals surface area contributed by atoms with Gasteiger partial charge in [0.1, 0.15) is 29.4 Å². The highest BCUT2D eigenvalue weighted by molar-refractivity contribution is 9.09. The third-order valence-electron chi connectivity index (χ3n) is 1.47. The van der Waals surface area contributed by atoms with Crippen LogP contribution in [-0.2, 0) is 4.79 Å². The first kappa shape index (κ1) is 12.9. The molecule has 0 aromatic heterocycles. The molecular weight excluding hydrogens is 248 g/mol. The van der Waals surface area contributed by atoms with E-state index in [9.17, 15) is 4.79 Å². The Hall–Kier alpha value is -0.0500. The van der Waals surface area contributed by atoms with E-state index in [1.165, 1.54) is 0 Å². The fourth-order valence-corrected chi connectivity index (χ4v) is 0.960. The van der Waals surface area contributed by atoms with Crippen molar-refractivity contribution in [1.82, 2.24) is 0 Å². The SMILES string of the molecule is O=C[C@H](O)[C@@H](O)[C@@H](O)[C@H](O)C(O)Br. The summed E-state index contributed by atoms with van der Waals surface area (Å²) in [5.41, 5.74) is 0. The molecule has 0 aliphatic heterocycles. The summed E-state index contributed by atoms with van der Waals surface area (Å²) in [6.07, 6.45) is -7.11. The van der Waals surface area contributed by atoms with Crippen molar-refractivity contribution in [3.05, 3.63) is 0 Å². The second kappa shape index (κ2) is 5.63. The van der Waals surface area contributed by atoms with Crippen LogP contribution in [-0.4, -0.2) is 61.2 Å². The second-order valence-electron chi connectivity index (χ2n) is 2.47. The molecule has 7 heteroatoms. The average Bonchev–Trinajstić information content (AvgIpc) is 2.12. The van der Waals surface area contributed by atoms with Gasteiger partial charge in [-0.3, -0.25) is 0 Å². The van der Waals surface area contributed by atoms with Crippen LogP contribution in [0.4, 0.5) is 0 Å². The van der Waals surface area contributed by atoms with Gasteiger partial charge in [-0.2, -0.15) is 0 Å². The molecule has 13 heavy (non-hydrogen) atoms. The van der Waals surface area contributed by atoms with Gasteiger partial charge in [0.25, 0.3) is 0 Å². The van der Waals surface area contributed by atoms with E-state index >= 15 is 0 Å². The first-order valence-corrected chi connectivity index (χ1v) is 4.33. The molecule has 0 amide bonds. The van der Waals surface area contributed by atoms with E-state index in [2.05, 4.69) is 15.9 Å². The van der Waals surface area contributed by atoms with Crippen LogP contribution in [0, 0.1) is 0 Å². The maximum Gasteiger partial charge on any atom is 0.151 e. The van der Waals surface area contributed by atoms with E-state index in [1.807, 2.05) is 0 Å². The minimum absolute atomic E-state index is 0.0151. The highest BCUT2D eigenvalue weighted by Gasteiger charge is 2.33. The van der Waals surface area contributed by atoms with Gasteiger partial charge in [0.15, 0.2) is 6.29 Å². The zero-order valence-corrected chi connectivity index (χ0v) is 8.07. The van der Waals surface area contributed by atoms with Gasteiger partial charge in [0, 0.05) is 0 Å². The molecule has 0 heterocycles. The lowest BCUT2D eigenvalue weighted by molar-refractivity contribution is -0.137. The van der Waals surface area contributed by atoms with Crippen molar-refractivity contribution < 1.29 is 30.3 Å². The van der Waals surface area contributed by atoms with E-state index in [-0.39, 0.29) is 6.29 Å². The molecule has 0 saturated heterocycles. The first-order valence-electron chi connectivity index (χ1n) is 3.41. The quantitative estimate of drug-likeness (QED) is 0.272. The number of rotatable bonds is 5. The number of halogens is 1. The zero-order chi connectivity index (χ0) is 10.6. The summed E-state index contributed by atoms with van der Waals surface area (Å²) in [5.74, 6) is 0. The Bertz CT molecular complexity index is 163. The molecule has 0 saturated carbocycles. The van der Waals surface area contributed by atoms with Crippen LogP contribution in [0.1, 0.15) is 0 Å². The highest BCUT2D eigenvalue weighted by Crippen LogP contribution is 2.11. The van der Waals surface area contributed by atoms with E-state index in [4.69, 9.17) is 25.5 Å². The van der Waals surface area contributed by atoms with Crippen molar-refractivity contribution in [1.29, 1.82) is 0 Å². The van der Waals surface area contributed by atoms with Crippen LogP contribution in [0.2, 0.25) is 0 Å². The predicted molar refractivity (Wildman–Crippen MR) is 45.0 cm³/mol. The van der Waals surface area contributed by atoms with Gasteiger partial charge in [-0.1, -0.05) is 15.9 Å². The number of aliphatic hydroxyl groups excluding tert-OH is 5. The second-order valence-corrected chi connectivity index (χ2v) is 3.41. The summed E-state index contributed by atoms with van der Waals surface area (Å²) < 4.78 is 0. The third kappa shape index (κ3) is 3.67. The molecule has 0 aromatic rings. The minimum atomic E-state index is -1.83. The van der Waals surface area contributed by atoms with Gasteiger partial charge in [-0.05, 0) is 0 Å². The number of aldehydes is 1. The predicted octanol–water partition coefficient (Wildman–Crippen LogP) is -2.66. The Balaban J connectivity index is 4.23. The van der Waals surface area contributed by atoms with Gasteiger partial charge < -0.3 is 30.3 Å². The van der Waals surface area contributed by atoms with E-state index in [0.29, 0.717) is 0 Å².